The van der Waals surface area contributed by atoms with Gasteiger partial charge in [0, 0.05) is 6.42 Å². The Labute approximate surface area is 125 Å². The Kier molecular flexibility index (Phi) is 22.5. The van der Waals surface area contributed by atoms with E-state index in [0.717, 1.165) is 12.8 Å². The first kappa shape index (κ1) is 21.7. The SMILES string of the molecule is CCC(=O)O.CCCCCCCCCCCCCC[O]. The molecule has 0 rings (SSSR count). The fraction of sp³-hybridized carbons (Fsp3) is 0.941. The van der Waals surface area contributed by atoms with Gasteiger partial charge >= 0.3 is 5.97 Å². The van der Waals surface area contributed by atoms with Gasteiger partial charge in [-0.15, -0.1) is 0 Å². The van der Waals surface area contributed by atoms with Crippen LogP contribution in [0.3, 0.4) is 0 Å². The lowest BCUT2D eigenvalue weighted by Gasteiger charge is -2.01. The van der Waals surface area contributed by atoms with Crippen LogP contribution in [-0.2, 0) is 9.90 Å². The van der Waals surface area contributed by atoms with E-state index in [4.69, 9.17) is 5.11 Å². The maximum absolute atomic E-state index is 10.2. The molecule has 0 unspecified atom stereocenters. The van der Waals surface area contributed by atoms with Crippen LogP contribution < -0.4 is 0 Å². The van der Waals surface area contributed by atoms with Gasteiger partial charge in [0.05, 0.1) is 6.61 Å². The van der Waals surface area contributed by atoms with Gasteiger partial charge in [0.1, 0.15) is 0 Å². The Morgan fingerprint density at radius 1 is 0.700 bits per heavy atom. The van der Waals surface area contributed by atoms with Gasteiger partial charge in [-0.25, -0.2) is 5.11 Å². The van der Waals surface area contributed by atoms with Gasteiger partial charge in [0.25, 0.3) is 0 Å². The average Bonchev–Trinajstić information content (AvgIpc) is 2.45. The highest BCUT2D eigenvalue weighted by molar-refractivity contribution is 5.66. The van der Waals surface area contributed by atoms with Crippen molar-refractivity contribution in [3.63, 3.8) is 0 Å². The van der Waals surface area contributed by atoms with E-state index in [2.05, 4.69) is 6.92 Å². The second-order valence-electron chi connectivity index (χ2n) is 5.34. The third-order valence-electron chi connectivity index (χ3n) is 3.30. The molecule has 0 heterocycles. The molecule has 0 aliphatic rings. The third kappa shape index (κ3) is 26.1. The van der Waals surface area contributed by atoms with Gasteiger partial charge < -0.3 is 5.11 Å². The number of carboxylic acid groups (broad SMARTS) is 1. The lowest BCUT2D eigenvalue weighted by molar-refractivity contribution is -0.136. The van der Waals surface area contributed by atoms with Crippen molar-refractivity contribution in [1.29, 1.82) is 0 Å². The molecule has 0 atom stereocenters. The molecule has 0 aromatic heterocycles. The number of carbonyl (C=O) groups is 1. The van der Waals surface area contributed by atoms with Gasteiger partial charge in [-0.2, -0.15) is 0 Å². The molecule has 0 aromatic rings. The summed E-state index contributed by atoms with van der Waals surface area (Å²) in [6.07, 6.45) is 16.1. The molecule has 0 saturated heterocycles. The molecule has 0 aromatic carbocycles. The summed E-state index contributed by atoms with van der Waals surface area (Å²) in [5, 5.41) is 17.9. The van der Waals surface area contributed by atoms with E-state index in [0.29, 0.717) is 0 Å². The zero-order valence-corrected chi connectivity index (χ0v) is 13.7. The molecule has 0 bridgehead atoms. The van der Waals surface area contributed by atoms with Crippen LogP contribution in [0.5, 0.6) is 0 Å². The first-order valence-electron chi connectivity index (χ1n) is 8.48. The highest BCUT2D eigenvalue weighted by atomic mass is 16.4. The molecule has 3 heteroatoms. The molecule has 0 fully saturated rings. The second kappa shape index (κ2) is 20.7. The molecule has 0 amide bonds. The number of aliphatic carboxylic acids is 1. The van der Waals surface area contributed by atoms with E-state index in [1.807, 2.05) is 0 Å². The number of unbranched alkanes of at least 4 members (excludes halogenated alkanes) is 11. The Balaban J connectivity index is 0. The van der Waals surface area contributed by atoms with Crippen molar-refractivity contribution in [2.75, 3.05) is 6.61 Å². The van der Waals surface area contributed by atoms with Crippen molar-refractivity contribution in [2.24, 2.45) is 0 Å². The van der Waals surface area contributed by atoms with E-state index in [1.54, 1.807) is 6.92 Å². The minimum Gasteiger partial charge on any atom is -0.481 e. The fourth-order valence-electron chi connectivity index (χ4n) is 1.94. The summed E-state index contributed by atoms with van der Waals surface area (Å²) in [5.74, 6) is -0.745. The monoisotopic (exact) mass is 287 g/mol. The number of carboxylic acids is 1. The van der Waals surface area contributed by atoms with E-state index >= 15 is 0 Å². The molecule has 0 aliphatic carbocycles. The maximum Gasteiger partial charge on any atom is 0.303 e. The third-order valence-corrected chi connectivity index (χ3v) is 3.30. The Bertz CT molecular complexity index is 169. The number of rotatable bonds is 13. The van der Waals surface area contributed by atoms with Crippen LogP contribution in [0.15, 0.2) is 0 Å². The molecule has 20 heavy (non-hydrogen) atoms. The second-order valence-corrected chi connectivity index (χ2v) is 5.34. The molecule has 1 N–H and O–H groups in total. The van der Waals surface area contributed by atoms with Gasteiger partial charge in [0.15, 0.2) is 0 Å². The van der Waals surface area contributed by atoms with E-state index in [-0.39, 0.29) is 13.0 Å². The van der Waals surface area contributed by atoms with E-state index < -0.39 is 5.97 Å². The summed E-state index contributed by atoms with van der Waals surface area (Å²) in [4.78, 5) is 9.37. The molecule has 121 valence electrons. The van der Waals surface area contributed by atoms with Crippen LogP contribution in [0.2, 0.25) is 0 Å². The Morgan fingerprint density at radius 2 is 1.00 bits per heavy atom. The van der Waals surface area contributed by atoms with Crippen LogP contribution in [0.4, 0.5) is 0 Å². The Hall–Kier alpha value is -0.570. The van der Waals surface area contributed by atoms with Crippen LogP contribution in [-0.4, -0.2) is 17.7 Å². The molecule has 0 spiro atoms. The summed E-state index contributed by atoms with van der Waals surface area (Å²) in [6, 6.07) is 0. The molecular formula is C17H35O3. The summed E-state index contributed by atoms with van der Waals surface area (Å²) >= 11 is 0. The topological polar surface area (TPSA) is 57.2 Å². The van der Waals surface area contributed by atoms with Gasteiger partial charge in [0.2, 0.25) is 0 Å². The van der Waals surface area contributed by atoms with Crippen molar-refractivity contribution >= 4 is 5.97 Å². The van der Waals surface area contributed by atoms with Gasteiger partial charge in [-0.1, -0.05) is 84.5 Å². The van der Waals surface area contributed by atoms with Crippen molar-refractivity contribution in [3.8, 4) is 0 Å². The molecule has 3 nitrogen and oxygen atoms in total. The van der Waals surface area contributed by atoms with Crippen molar-refractivity contribution in [3.05, 3.63) is 0 Å². The maximum atomic E-state index is 10.2. The normalized spacial score (nSPS) is 9.95. The van der Waals surface area contributed by atoms with Crippen molar-refractivity contribution in [2.45, 2.75) is 97.3 Å². The van der Waals surface area contributed by atoms with Gasteiger partial charge in [-0.05, 0) is 6.42 Å². The highest BCUT2D eigenvalue weighted by Crippen LogP contribution is 2.11. The predicted molar refractivity (Wildman–Crippen MR) is 84.6 cm³/mol. The van der Waals surface area contributed by atoms with Crippen molar-refractivity contribution in [1.82, 2.24) is 0 Å². The average molecular weight is 287 g/mol. The lowest BCUT2D eigenvalue weighted by Crippen LogP contribution is -1.86. The first-order chi connectivity index (χ1) is 9.68. The summed E-state index contributed by atoms with van der Waals surface area (Å²) in [5.41, 5.74) is 0. The molecular weight excluding hydrogens is 252 g/mol. The standard InChI is InChI=1S/C14H29O.C3H6O2/c1-2-3-4-5-6-7-8-9-10-11-12-13-14-15;1-2-3(4)5/h2-14H2,1H3;2H2,1H3,(H,4,5). The predicted octanol–water partition coefficient (Wildman–Crippen LogP) is 5.60. The minimum absolute atomic E-state index is 0.122. The minimum atomic E-state index is -0.745. The first-order valence-corrected chi connectivity index (χ1v) is 8.48. The van der Waals surface area contributed by atoms with Crippen LogP contribution >= 0.6 is 0 Å². The number of hydrogen-bond donors (Lipinski definition) is 1. The zero-order chi connectivity index (χ0) is 15.5. The van der Waals surface area contributed by atoms with E-state index in [1.165, 1.54) is 64.2 Å². The Morgan fingerprint density at radius 3 is 1.25 bits per heavy atom. The van der Waals surface area contributed by atoms with E-state index in [9.17, 15) is 9.90 Å². The molecule has 0 aliphatic heterocycles. The fourth-order valence-corrected chi connectivity index (χ4v) is 1.94. The van der Waals surface area contributed by atoms with Crippen LogP contribution in [0, 0.1) is 0 Å². The molecule has 1 radical (unpaired) electrons. The lowest BCUT2D eigenvalue weighted by atomic mass is 10.1. The number of hydrogen-bond acceptors (Lipinski definition) is 1. The van der Waals surface area contributed by atoms with Crippen LogP contribution in [0.25, 0.3) is 0 Å². The zero-order valence-electron chi connectivity index (χ0n) is 13.7. The summed E-state index contributed by atoms with van der Waals surface area (Å²) < 4.78 is 0. The summed E-state index contributed by atoms with van der Waals surface area (Å²) in [6.45, 7) is 3.99. The van der Waals surface area contributed by atoms with Crippen LogP contribution in [0.1, 0.15) is 97.3 Å². The highest BCUT2D eigenvalue weighted by Gasteiger charge is 1.92. The van der Waals surface area contributed by atoms with Gasteiger partial charge in [-0.3, -0.25) is 4.79 Å². The summed E-state index contributed by atoms with van der Waals surface area (Å²) in [7, 11) is 0. The largest absolute Gasteiger partial charge is 0.481 e. The molecule has 0 saturated carbocycles. The van der Waals surface area contributed by atoms with Crippen molar-refractivity contribution < 1.29 is 15.0 Å². The smallest absolute Gasteiger partial charge is 0.303 e. The quantitative estimate of drug-likeness (QED) is 0.448.